The minimum atomic E-state index is -0.632. The van der Waals surface area contributed by atoms with Gasteiger partial charge in [0.2, 0.25) is 0 Å². The van der Waals surface area contributed by atoms with Crippen LogP contribution in [0.3, 0.4) is 0 Å². The smallest absolute Gasteiger partial charge is 0.344 e. The number of ether oxygens (including phenoxy) is 3. The molecule has 1 fully saturated rings. The van der Waals surface area contributed by atoms with E-state index in [4.69, 9.17) is 14.2 Å². The van der Waals surface area contributed by atoms with Gasteiger partial charge in [-0.3, -0.25) is 4.79 Å². The zero-order valence-electron chi connectivity index (χ0n) is 18.4. The van der Waals surface area contributed by atoms with Crippen LogP contribution in [0, 0.1) is 17.8 Å². The van der Waals surface area contributed by atoms with Gasteiger partial charge in [-0.25, -0.2) is 4.79 Å². The third-order valence-corrected chi connectivity index (χ3v) is 6.49. The van der Waals surface area contributed by atoms with Crippen LogP contribution in [-0.4, -0.2) is 24.6 Å². The lowest BCUT2D eigenvalue weighted by atomic mass is 9.75. The maximum atomic E-state index is 13.1. The molecule has 31 heavy (non-hydrogen) atoms. The molecule has 5 heteroatoms. The van der Waals surface area contributed by atoms with Crippen LogP contribution in [0.2, 0.25) is 0 Å². The third kappa shape index (κ3) is 4.60. The molecule has 0 unspecified atom stereocenters. The van der Waals surface area contributed by atoms with Crippen molar-refractivity contribution in [3.8, 4) is 11.5 Å². The average molecular weight is 423 g/mol. The van der Waals surface area contributed by atoms with Crippen molar-refractivity contribution in [2.45, 2.75) is 52.1 Å². The molecule has 2 aromatic rings. The van der Waals surface area contributed by atoms with Crippen molar-refractivity contribution in [3.05, 3.63) is 59.7 Å². The molecule has 0 amide bonds. The van der Waals surface area contributed by atoms with Gasteiger partial charge in [-0.05, 0) is 42.7 Å². The fourth-order valence-corrected chi connectivity index (χ4v) is 4.83. The summed E-state index contributed by atoms with van der Waals surface area (Å²) in [6.45, 7) is 6.15. The van der Waals surface area contributed by atoms with E-state index >= 15 is 0 Å². The Labute approximate surface area is 183 Å². The molecule has 4 rings (SSSR count). The molecule has 3 atom stereocenters. The minimum Gasteiger partial charge on any atom is -0.460 e. The highest BCUT2D eigenvalue weighted by atomic mass is 16.6. The number of esters is 2. The SMILES string of the molecule is CC(C)[C@H]1CC[C@@H](C)C[C@@H]1OC(=O)COC(=O)C1c2ccccc2Oc2ccccc21. The van der Waals surface area contributed by atoms with Crippen LogP contribution in [0.4, 0.5) is 0 Å². The summed E-state index contributed by atoms with van der Waals surface area (Å²) in [5.41, 5.74) is 1.47. The molecular weight excluding hydrogens is 392 g/mol. The Balaban J connectivity index is 1.44. The molecule has 2 aromatic carbocycles. The van der Waals surface area contributed by atoms with Gasteiger partial charge >= 0.3 is 11.9 Å². The topological polar surface area (TPSA) is 61.8 Å². The molecule has 1 aliphatic heterocycles. The summed E-state index contributed by atoms with van der Waals surface area (Å²) in [7, 11) is 0. The largest absolute Gasteiger partial charge is 0.460 e. The van der Waals surface area contributed by atoms with Crippen molar-refractivity contribution in [3.63, 3.8) is 0 Å². The summed E-state index contributed by atoms with van der Waals surface area (Å²) in [5.74, 6) is 0.999. The second-order valence-electron chi connectivity index (χ2n) is 9.07. The highest BCUT2D eigenvalue weighted by Crippen LogP contribution is 2.44. The van der Waals surface area contributed by atoms with Gasteiger partial charge in [-0.2, -0.15) is 0 Å². The molecule has 0 saturated heterocycles. The zero-order valence-corrected chi connectivity index (χ0v) is 18.4. The number of carbonyl (C=O) groups excluding carboxylic acids is 2. The molecule has 0 aromatic heterocycles. The first kappa shape index (κ1) is 21.4. The first-order valence-electron chi connectivity index (χ1n) is 11.2. The fourth-order valence-electron chi connectivity index (χ4n) is 4.83. The molecular formula is C26H30O5. The van der Waals surface area contributed by atoms with Crippen LogP contribution in [0.25, 0.3) is 0 Å². The van der Waals surface area contributed by atoms with Crippen LogP contribution < -0.4 is 4.74 Å². The van der Waals surface area contributed by atoms with Gasteiger partial charge in [-0.15, -0.1) is 0 Å². The zero-order chi connectivity index (χ0) is 22.0. The average Bonchev–Trinajstić information content (AvgIpc) is 2.75. The second kappa shape index (κ2) is 9.13. The van der Waals surface area contributed by atoms with E-state index in [1.807, 2.05) is 48.5 Å². The van der Waals surface area contributed by atoms with Gasteiger partial charge in [0, 0.05) is 11.1 Å². The molecule has 0 bridgehead atoms. The predicted molar refractivity (Wildman–Crippen MR) is 117 cm³/mol. The Morgan fingerprint density at radius 1 is 1.00 bits per heavy atom. The molecule has 1 aliphatic carbocycles. The van der Waals surface area contributed by atoms with E-state index in [1.54, 1.807) is 0 Å². The summed E-state index contributed by atoms with van der Waals surface area (Å²) in [6, 6.07) is 14.8. The standard InChI is InChI=1S/C26H30O5/c1-16(2)18-13-12-17(3)14-23(18)31-24(27)15-29-26(28)25-19-8-4-6-10-21(19)30-22-11-7-5-9-20(22)25/h4-11,16-18,23,25H,12-15H2,1-3H3/t17-,18-,23+/m1/s1. The van der Waals surface area contributed by atoms with Crippen molar-refractivity contribution in [2.24, 2.45) is 17.8 Å². The summed E-state index contributed by atoms with van der Waals surface area (Å²) < 4.78 is 17.2. The van der Waals surface area contributed by atoms with E-state index in [0.717, 1.165) is 30.4 Å². The minimum absolute atomic E-state index is 0.112. The molecule has 5 nitrogen and oxygen atoms in total. The number of hydrogen-bond donors (Lipinski definition) is 0. The number of para-hydroxylation sites is 2. The molecule has 0 N–H and O–H groups in total. The summed E-state index contributed by atoms with van der Waals surface area (Å²) in [6.07, 6.45) is 2.98. The molecule has 1 saturated carbocycles. The van der Waals surface area contributed by atoms with Crippen LogP contribution in [0.5, 0.6) is 11.5 Å². The van der Waals surface area contributed by atoms with E-state index in [2.05, 4.69) is 20.8 Å². The van der Waals surface area contributed by atoms with Crippen molar-refractivity contribution in [2.75, 3.05) is 6.61 Å². The van der Waals surface area contributed by atoms with E-state index < -0.39 is 17.9 Å². The van der Waals surface area contributed by atoms with Crippen LogP contribution >= 0.6 is 0 Å². The lowest BCUT2D eigenvalue weighted by Crippen LogP contribution is -2.37. The number of benzene rings is 2. The van der Waals surface area contributed by atoms with E-state index in [-0.39, 0.29) is 12.7 Å². The van der Waals surface area contributed by atoms with Crippen molar-refractivity contribution in [1.82, 2.24) is 0 Å². The van der Waals surface area contributed by atoms with Crippen molar-refractivity contribution >= 4 is 11.9 Å². The van der Waals surface area contributed by atoms with Crippen molar-refractivity contribution < 1.29 is 23.8 Å². The first-order valence-corrected chi connectivity index (χ1v) is 11.2. The quantitative estimate of drug-likeness (QED) is 0.598. The summed E-state index contributed by atoms with van der Waals surface area (Å²) >= 11 is 0. The van der Waals surface area contributed by atoms with E-state index in [0.29, 0.717) is 29.3 Å². The maximum Gasteiger partial charge on any atom is 0.344 e. The monoisotopic (exact) mass is 422 g/mol. The molecule has 0 spiro atoms. The van der Waals surface area contributed by atoms with E-state index in [1.165, 1.54) is 0 Å². The summed E-state index contributed by atoms with van der Waals surface area (Å²) in [4.78, 5) is 25.6. The Morgan fingerprint density at radius 2 is 1.61 bits per heavy atom. The Bertz CT molecular complexity index is 905. The normalized spacial score (nSPS) is 22.8. The number of fused-ring (bicyclic) bond motifs is 2. The fraction of sp³-hybridized carbons (Fsp3) is 0.462. The predicted octanol–water partition coefficient (Wildman–Crippen LogP) is 5.47. The highest BCUT2D eigenvalue weighted by Gasteiger charge is 2.36. The van der Waals surface area contributed by atoms with Crippen LogP contribution in [0.15, 0.2) is 48.5 Å². The Hall–Kier alpha value is -2.82. The molecule has 2 aliphatic rings. The maximum absolute atomic E-state index is 13.1. The van der Waals surface area contributed by atoms with E-state index in [9.17, 15) is 9.59 Å². The Morgan fingerprint density at radius 3 is 2.23 bits per heavy atom. The molecule has 1 heterocycles. The van der Waals surface area contributed by atoms with Gasteiger partial charge in [0.15, 0.2) is 6.61 Å². The lowest BCUT2D eigenvalue weighted by Gasteiger charge is -2.36. The summed E-state index contributed by atoms with van der Waals surface area (Å²) in [5, 5.41) is 0. The van der Waals surface area contributed by atoms with Gasteiger partial charge in [0.25, 0.3) is 0 Å². The molecule has 164 valence electrons. The van der Waals surface area contributed by atoms with Gasteiger partial charge in [-0.1, -0.05) is 63.6 Å². The number of carbonyl (C=O) groups is 2. The highest BCUT2D eigenvalue weighted by molar-refractivity contribution is 5.87. The van der Waals surface area contributed by atoms with Crippen molar-refractivity contribution in [1.29, 1.82) is 0 Å². The second-order valence-corrected chi connectivity index (χ2v) is 9.07. The van der Waals surface area contributed by atoms with Gasteiger partial charge in [0.05, 0.1) is 0 Å². The number of hydrogen-bond acceptors (Lipinski definition) is 5. The third-order valence-electron chi connectivity index (χ3n) is 6.49. The number of rotatable bonds is 5. The van der Waals surface area contributed by atoms with Crippen LogP contribution in [-0.2, 0) is 19.1 Å². The van der Waals surface area contributed by atoms with Crippen LogP contribution in [0.1, 0.15) is 57.1 Å². The van der Waals surface area contributed by atoms with Gasteiger partial charge < -0.3 is 14.2 Å². The molecule has 0 radical (unpaired) electrons. The van der Waals surface area contributed by atoms with Gasteiger partial charge in [0.1, 0.15) is 23.5 Å². The lowest BCUT2D eigenvalue weighted by molar-refractivity contribution is -0.167. The first-order chi connectivity index (χ1) is 14.9. The Kier molecular flexibility index (Phi) is 6.30.